The molecule has 1 aliphatic carbocycles. The number of rotatable bonds is 4. The van der Waals surface area contributed by atoms with Gasteiger partial charge in [-0.2, -0.15) is 0 Å². The van der Waals surface area contributed by atoms with Crippen LogP contribution in [0.1, 0.15) is 24.4 Å². The van der Waals surface area contributed by atoms with Gasteiger partial charge >= 0.3 is 0 Å². The molecule has 0 radical (unpaired) electrons. The number of aromatic hydroxyl groups is 1. The van der Waals surface area contributed by atoms with Crippen LogP contribution in [0.25, 0.3) is 0 Å². The maximum Gasteiger partial charge on any atom is 0.120 e. The average molecular weight is 192 g/mol. The Morgan fingerprint density at radius 2 is 2.14 bits per heavy atom. The van der Waals surface area contributed by atoms with Crippen molar-refractivity contribution in [3.8, 4) is 5.75 Å². The van der Waals surface area contributed by atoms with Crippen molar-refractivity contribution < 1.29 is 5.11 Å². The van der Waals surface area contributed by atoms with Crippen LogP contribution in [0.4, 0.5) is 0 Å². The quantitative estimate of drug-likeness (QED) is 0.670. The Labute approximate surface area is 83.9 Å². The van der Waals surface area contributed by atoms with Crippen molar-refractivity contribution in [3.05, 3.63) is 29.8 Å². The standard InChI is InChI=1S/C11H16N2O/c12-10(7-13-8-5-6-8)9-3-1-2-4-11(9)14/h1-4,8,10,13-14H,5-7,12H2. The summed E-state index contributed by atoms with van der Waals surface area (Å²) in [5.41, 5.74) is 6.77. The molecule has 1 aromatic carbocycles. The smallest absolute Gasteiger partial charge is 0.120 e. The van der Waals surface area contributed by atoms with Gasteiger partial charge in [0.25, 0.3) is 0 Å². The van der Waals surface area contributed by atoms with E-state index >= 15 is 0 Å². The van der Waals surface area contributed by atoms with Gasteiger partial charge in [-0.05, 0) is 18.9 Å². The lowest BCUT2D eigenvalue weighted by atomic mass is 10.1. The second-order valence-corrected chi connectivity index (χ2v) is 3.85. The van der Waals surface area contributed by atoms with Crippen LogP contribution >= 0.6 is 0 Å². The van der Waals surface area contributed by atoms with Crippen molar-refractivity contribution in [2.24, 2.45) is 5.73 Å². The molecule has 1 atom stereocenters. The van der Waals surface area contributed by atoms with Crippen LogP contribution in [0.15, 0.2) is 24.3 Å². The molecule has 0 aromatic heterocycles. The molecule has 76 valence electrons. The number of phenolic OH excluding ortho intramolecular Hbond substituents is 1. The molecular weight excluding hydrogens is 176 g/mol. The molecule has 0 spiro atoms. The molecule has 14 heavy (non-hydrogen) atoms. The molecule has 1 aromatic rings. The van der Waals surface area contributed by atoms with Crippen molar-refractivity contribution in [2.45, 2.75) is 24.9 Å². The van der Waals surface area contributed by atoms with Crippen molar-refractivity contribution >= 4 is 0 Å². The average Bonchev–Trinajstić information content (AvgIpc) is 2.98. The Hall–Kier alpha value is -1.06. The molecule has 3 nitrogen and oxygen atoms in total. The highest BCUT2D eigenvalue weighted by Gasteiger charge is 2.21. The molecule has 1 unspecified atom stereocenters. The van der Waals surface area contributed by atoms with Gasteiger partial charge in [-0.1, -0.05) is 18.2 Å². The maximum atomic E-state index is 9.55. The van der Waals surface area contributed by atoms with E-state index in [4.69, 9.17) is 5.73 Å². The first-order valence-corrected chi connectivity index (χ1v) is 5.04. The van der Waals surface area contributed by atoms with Gasteiger partial charge < -0.3 is 16.2 Å². The van der Waals surface area contributed by atoms with E-state index in [9.17, 15) is 5.11 Å². The zero-order chi connectivity index (χ0) is 9.97. The fourth-order valence-electron chi connectivity index (χ4n) is 1.49. The molecule has 0 aliphatic heterocycles. The van der Waals surface area contributed by atoms with E-state index < -0.39 is 0 Å². The number of nitrogens with two attached hydrogens (primary N) is 1. The third-order valence-electron chi connectivity index (χ3n) is 2.54. The van der Waals surface area contributed by atoms with Crippen LogP contribution in [0.5, 0.6) is 5.75 Å². The van der Waals surface area contributed by atoms with Gasteiger partial charge in [-0.3, -0.25) is 0 Å². The van der Waals surface area contributed by atoms with Crippen molar-refractivity contribution in [1.82, 2.24) is 5.32 Å². The Morgan fingerprint density at radius 1 is 1.43 bits per heavy atom. The third kappa shape index (κ3) is 2.25. The summed E-state index contributed by atoms with van der Waals surface area (Å²) in [4.78, 5) is 0. The monoisotopic (exact) mass is 192 g/mol. The Kier molecular flexibility index (Phi) is 2.70. The van der Waals surface area contributed by atoms with Gasteiger partial charge in [0.15, 0.2) is 0 Å². The summed E-state index contributed by atoms with van der Waals surface area (Å²) in [6.45, 7) is 0.738. The van der Waals surface area contributed by atoms with Crippen LogP contribution in [-0.2, 0) is 0 Å². The van der Waals surface area contributed by atoms with Crippen LogP contribution in [0.2, 0.25) is 0 Å². The third-order valence-corrected chi connectivity index (χ3v) is 2.54. The summed E-state index contributed by atoms with van der Waals surface area (Å²) in [5, 5.41) is 12.9. The van der Waals surface area contributed by atoms with Crippen LogP contribution in [0, 0.1) is 0 Å². The number of para-hydroxylation sites is 1. The molecular formula is C11H16N2O. The molecule has 0 bridgehead atoms. The predicted octanol–water partition coefficient (Wildman–Crippen LogP) is 1.14. The van der Waals surface area contributed by atoms with E-state index in [2.05, 4.69) is 5.32 Å². The van der Waals surface area contributed by atoms with Gasteiger partial charge in [0, 0.05) is 24.2 Å². The highest BCUT2D eigenvalue weighted by Crippen LogP contribution is 2.23. The zero-order valence-electron chi connectivity index (χ0n) is 8.11. The summed E-state index contributed by atoms with van der Waals surface area (Å²) in [6, 6.07) is 7.79. The molecule has 2 rings (SSSR count). The predicted molar refractivity (Wildman–Crippen MR) is 56.1 cm³/mol. The summed E-state index contributed by atoms with van der Waals surface area (Å²) in [7, 11) is 0. The van der Waals surface area contributed by atoms with Gasteiger partial charge in [0.1, 0.15) is 5.75 Å². The number of nitrogens with one attached hydrogen (secondary N) is 1. The Balaban J connectivity index is 1.95. The minimum Gasteiger partial charge on any atom is -0.508 e. The normalized spacial score (nSPS) is 18.1. The molecule has 1 aliphatic rings. The molecule has 1 fully saturated rings. The van der Waals surface area contributed by atoms with Gasteiger partial charge in [0.2, 0.25) is 0 Å². The minimum absolute atomic E-state index is 0.114. The van der Waals surface area contributed by atoms with Crippen molar-refractivity contribution in [1.29, 1.82) is 0 Å². The van der Waals surface area contributed by atoms with Gasteiger partial charge in [-0.25, -0.2) is 0 Å². The number of benzene rings is 1. The summed E-state index contributed by atoms with van der Waals surface area (Å²) in [6.07, 6.45) is 2.51. The Bertz CT molecular complexity index is 310. The van der Waals surface area contributed by atoms with Crippen LogP contribution in [-0.4, -0.2) is 17.7 Å². The Morgan fingerprint density at radius 3 is 2.79 bits per heavy atom. The van der Waals surface area contributed by atoms with Crippen molar-refractivity contribution in [3.63, 3.8) is 0 Å². The second-order valence-electron chi connectivity index (χ2n) is 3.85. The number of hydrogen-bond acceptors (Lipinski definition) is 3. The molecule has 0 heterocycles. The molecule has 3 heteroatoms. The maximum absolute atomic E-state index is 9.55. The summed E-state index contributed by atoms with van der Waals surface area (Å²) >= 11 is 0. The van der Waals surface area contributed by atoms with E-state index in [0.29, 0.717) is 6.04 Å². The van der Waals surface area contributed by atoms with E-state index in [1.54, 1.807) is 12.1 Å². The van der Waals surface area contributed by atoms with E-state index in [1.165, 1.54) is 12.8 Å². The molecule has 4 N–H and O–H groups in total. The first kappa shape index (κ1) is 9.49. The number of phenols is 1. The van der Waals surface area contributed by atoms with Gasteiger partial charge in [0.05, 0.1) is 0 Å². The lowest BCUT2D eigenvalue weighted by molar-refractivity contribution is 0.457. The van der Waals surface area contributed by atoms with E-state index in [-0.39, 0.29) is 11.8 Å². The first-order chi connectivity index (χ1) is 6.77. The summed E-state index contributed by atoms with van der Waals surface area (Å²) < 4.78 is 0. The fourth-order valence-corrected chi connectivity index (χ4v) is 1.49. The molecule has 0 amide bonds. The molecule has 1 saturated carbocycles. The topological polar surface area (TPSA) is 58.3 Å². The highest BCUT2D eigenvalue weighted by molar-refractivity contribution is 5.34. The largest absolute Gasteiger partial charge is 0.508 e. The van der Waals surface area contributed by atoms with Crippen molar-refractivity contribution in [2.75, 3.05) is 6.54 Å². The van der Waals surface area contributed by atoms with Crippen LogP contribution < -0.4 is 11.1 Å². The summed E-state index contributed by atoms with van der Waals surface area (Å²) in [5.74, 6) is 0.289. The lowest BCUT2D eigenvalue weighted by Crippen LogP contribution is -2.28. The zero-order valence-corrected chi connectivity index (χ0v) is 8.11. The SMILES string of the molecule is NC(CNC1CC1)c1ccccc1O. The van der Waals surface area contributed by atoms with Crippen LogP contribution in [0.3, 0.4) is 0 Å². The minimum atomic E-state index is -0.114. The van der Waals surface area contributed by atoms with Gasteiger partial charge in [-0.15, -0.1) is 0 Å². The second kappa shape index (κ2) is 3.98. The fraction of sp³-hybridized carbons (Fsp3) is 0.455. The highest BCUT2D eigenvalue weighted by atomic mass is 16.3. The lowest BCUT2D eigenvalue weighted by Gasteiger charge is -2.13. The number of hydrogen-bond donors (Lipinski definition) is 3. The van der Waals surface area contributed by atoms with E-state index in [0.717, 1.165) is 12.1 Å². The first-order valence-electron chi connectivity index (χ1n) is 5.04. The molecule has 0 saturated heterocycles. The van der Waals surface area contributed by atoms with E-state index in [1.807, 2.05) is 12.1 Å².